The van der Waals surface area contributed by atoms with Crippen molar-refractivity contribution < 1.29 is 19.1 Å². The van der Waals surface area contributed by atoms with Crippen molar-refractivity contribution in [2.75, 3.05) is 65.6 Å². The Morgan fingerprint density at radius 1 is 0.895 bits per heavy atom. The first-order valence-corrected chi connectivity index (χ1v) is 14.0. The number of nitrogens with zero attached hydrogens (tertiary/aromatic N) is 5. The SMILES string of the molecule is O=C(CN1CCOCC1)N1CCC2(CCCCc3ccccc3OCCN(C(=O)c3cnccn3)C2)CC1. The van der Waals surface area contributed by atoms with E-state index in [1.165, 1.54) is 11.8 Å². The normalized spacial score (nSPS) is 21.1. The topological polar surface area (TPSA) is 88.1 Å². The summed E-state index contributed by atoms with van der Waals surface area (Å²) in [6.07, 6.45) is 10.6. The van der Waals surface area contributed by atoms with Gasteiger partial charge in [0.1, 0.15) is 18.1 Å². The van der Waals surface area contributed by atoms with E-state index in [9.17, 15) is 9.59 Å². The number of likely N-dealkylation sites (tertiary alicyclic amines) is 1. The van der Waals surface area contributed by atoms with Gasteiger partial charge in [0, 0.05) is 45.1 Å². The average Bonchev–Trinajstić information content (AvgIpc) is 2.96. The monoisotopic (exact) mass is 521 g/mol. The Morgan fingerprint density at radius 3 is 2.50 bits per heavy atom. The maximum atomic E-state index is 13.6. The van der Waals surface area contributed by atoms with Crippen molar-refractivity contribution in [3.8, 4) is 5.75 Å². The number of carbonyl (C=O) groups is 2. The fraction of sp³-hybridized carbons (Fsp3) is 0.586. The molecular weight excluding hydrogens is 482 g/mol. The molecule has 9 nitrogen and oxygen atoms in total. The number of benzene rings is 1. The van der Waals surface area contributed by atoms with E-state index in [2.05, 4.69) is 27.0 Å². The zero-order valence-electron chi connectivity index (χ0n) is 22.2. The molecule has 1 spiro atoms. The second-order valence-corrected chi connectivity index (χ2v) is 10.7. The molecule has 5 rings (SSSR count). The highest BCUT2D eigenvalue weighted by atomic mass is 16.5. The molecule has 1 aromatic carbocycles. The molecular formula is C29H39N5O4. The van der Waals surface area contributed by atoms with Crippen LogP contribution in [0.5, 0.6) is 5.75 Å². The standard InChI is InChI=1S/C29H39N5O4/c35-27(22-32-15-18-37-19-16-32)33-13-9-29(10-14-33)8-4-3-6-24-5-1-2-7-26(24)38-20-17-34(23-29)28(36)25-21-30-11-12-31-25/h1-2,5,7,11-12,21H,3-4,6,8-10,13-20,22-23H2. The lowest BCUT2D eigenvalue weighted by Crippen LogP contribution is -2.52. The molecule has 2 aromatic rings. The summed E-state index contributed by atoms with van der Waals surface area (Å²) >= 11 is 0. The minimum Gasteiger partial charge on any atom is -0.491 e. The maximum absolute atomic E-state index is 13.6. The van der Waals surface area contributed by atoms with Crippen LogP contribution < -0.4 is 4.74 Å². The average molecular weight is 522 g/mol. The predicted octanol–water partition coefficient (Wildman–Crippen LogP) is 2.67. The molecule has 2 amide bonds. The molecule has 9 heteroatoms. The van der Waals surface area contributed by atoms with Crippen molar-refractivity contribution in [2.24, 2.45) is 5.41 Å². The molecule has 38 heavy (non-hydrogen) atoms. The van der Waals surface area contributed by atoms with Crippen molar-refractivity contribution in [3.63, 3.8) is 0 Å². The van der Waals surface area contributed by atoms with Crippen molar-refractivity contribution >= 4 is 11.8 Å². The van der Waals surface area contributed by atoms with E-state index in [0.29, 0.717) is 45.1 Å². The number of rotatable bonds is 3. The molecule has 0 unspecified atom stereocenters. The quantitative estimate of drug-likeness (QED) is 0.614. The molecule has 2 fully saturated rings. The number of ether oxygens (including phenoxy) is 2. The Labute approximate surface area is 225 Å². The van der Waals surface area contributed by atoms with Crippen LogP contribution in [-0.2, 0) is 16.0 Å². The van der Waals surface area contributed by atoms with Gasteiger partial charge in [-0.3, -0.25) is 19.5 Å². The highest BCUT2D eigenvalue weighted by Gasteiger charge is 2.38. The molecule has 2 saturated heterocycles. The van der Waals surface area contributed by atoms with Gasteiger partial charge < -0.3 is 19.3 Å². The number of aromatic nitrogens is 2. The fourth-order valence-electron chi connectivity index (χ4n) is 5.93. The zero-order chi connectivity index (χ0) is 26.2. The number of amides is 2. The first-order valence-electron chi connectivity index (χ1n) is 14.0. The van der Waals surface area contributed by atoms with E-state index < -0.39 is 0 Å². The van der Waals surface area contributed by atoms with Gasteiger partial charge >= 0.3 is 0 Å². The lowest BCUT2D eigenvalue weighted by molar-refractivity contribution is -0.136. The van der Waals surface area contributed by atoms with Gasteiger partial charge in [-0.05, 0) is 49.1 Å². The van der Waals surface area contributed by atoms with Crippen molar-refractivity contribution in [2.45, 2.75) is 38.5 Å². The molecule has 3 aliphatic rings. The van der Waals surface area contributed by atoms with Gasteiger partial charge in [-0.15, -0.1) is 0 Å². The fourth-order valence-corrected chi connectivity index (χ4v) is 5.93. The molecule has 0 aliphatic carbocycles. The molecule has 0 saturated carbocycles. The van der Waals surface area contributed by atoms with Crippen LogP contribution in [0.25, 0.3) is 0 Å². The number of para-hydroxylation sites is 1. The lowest BCUT2D eigenvalue weighted by atomic mass is 9.73. The van der Waals surface area contributed by atoms with Crippen LogP contribution in [0.1, 0.15) is 48.2 Å². The highest BCUT2D eigenvalue weighted by Crippen LogP contribution is 2.38. The Kier molecular flexibility index (Phi) is 8.86. The van der Waals surface area contributed by atoms with Gasteiger partial charge in [-0.1, -0.05) is 24.6 Å². The minimum atomic E-state index is -0.114. The van der Waals surface area contributed by atoms with E-state index in [0.717, 1.165) is 70.5 Å². The Bertz CT molecular complexity index is 1070. The van der Waals surface area contributed by atoms with Crippen LogP contribution in [0.2, 0.25) is 0 Å². The van der Waals surface area contributed by atoms with Gasteiger partial charge in [0.25, 0.3) is 5.91 Å². The summed E-state index contributed by atoms with van der Waals surface area (Å²) in [4.78, 5) is 41.1. The molecule has 0 atom stereocenters. The van der Waals surface area contributed by atoms with E-state index in [-0.39, 0.29) is 17.2 Å². The summed E-state index contributed by atoms with van der Waals surface area (Å²) in [6.45, 7) is 6.48. The number of fused-ring (bicyclic) bond motifs is 1. The third-order valence-corrected chi connectivity index (χ3v) is 8.23. The largest absolute Gasteiger partial charge is 0.491 e. The van der Waals surface area contributed by atoms with Crippen LogP contribution in [0.3, 0.4) is 0 Å². The second-order valence-electron chi connectivity index (χ2n) is 10.7. The van der Waals surface area contributed by atoms with E-state index in [4.69, 9.17) is 9.47 Å². The van der Waals surface area contributed by atoms with Gasteiger partial charge in [0.05, 0.1) is 32.5 Å². The van der Waals surface area contributed by atoms with Crippen LogP contribution in [-0.4, -0.2) is 102 Å². The Balaban J connectivity index is 1.30. The summed E-state index contributed by atoms with van der Waals surface area (Å²) in [5.41, 5.74) is 1.54. The first kappa shape index (κ1) is 26.6. The van der Waals surface area contributed by atoms with Gasteiger partial charge in [-0.2, -0.15) is 0 Å². The summed E-state index contributed by atoms with van der Waals surface area (Å²) in [5.74, 6) is 0.992. The number of morpholine rings is 1. The highest BCUT2D eigenvalue weighted by molar-refractivity contribution is 5.92. The third-order valence-electron chi connectivity index (χ3n) is 8.23. The second kappa shape index (κ2) is 12.7. The first-order chi connectivity index (χ1) is 18.6. The van der Waals surface area contributed by atoms with Crippen molar-refractivity contribution in [1.82, 2.24) is 24.7 Å². The third kappa shape index (κ3) is 6.69. The zero-order valence-corrected chi connectivity index (χ0v) is 22.2. The number of carbonyl (C=O) groups excluding carboxylic acids is 2. The summed E-state index contributed by atoms with van der Waals surface area (Å²) in [6, 6.07) is 8.21. The molecule has 3 aliphatic heterocycles. The molecule has 204 valence electrons. The number of aryl methyl sites for hydroxylation is 1. The Hall–Kier alpha value is -3.04. The van der Waals surface area contributed by atoms with Gasteiger partial charge in [0.15, 0.2) is 0 Å². The summed E-state index contributed by atoms with van der Waals surface area (Å²) in [5, 5.41) is 0. The molecule has 0 N–H and O–H groups in total. The Morgan fingerprint density at radius 2 is 1.71 bits per heavy atom. The van der Waals surface area contributed by atoms with Crippen LogP contribution >= 0.6 is 0 Å². The van der Waals surface area contributed by atoms with E-state index in [1.807, 2.05) is 21.9 Å². The minimum absolute atomic E-state index is 0.0354. The molecule has 0 radical (unpaired) electrons. The predicted molar refractivity (Wildman–Crippen MR) is 143 cm³/mol. The molecule has 0 bridgehead atoms. The summed E-state index contributed by atoms with van der Waals surface area (Å²) < 4.78 is 11.6. The molecule has 1 aromatic heterocycles. The number of hydrogen-bond acceptors (Lipinski definition) is 7. The van der Waals surface area contributed by atoms with E-state index >= 15 is 0 Å². The van der Waals surface area contributed by atoms with Crippen molar-refractivity contribution in [3.05, 3.63) is 54.1 Å². The lowest BCUT2D eigenvalue weighted by Gasteiger charge is -2.45. The van der Waals surface area contributed by atoms with Gasteiger partial charge in [0.2, 0.25) is 5.91 Å². The van der Waals surface area contributed by atoms with Crippen LogP contribution in [0, 0.1) is 5.41 Å². The van der Waals surface area contributed by atoms with Crippen molar-refractivity contribution in [1.29, 1.82) is 0 Å². The van der Waals surface area contributed by atoms with Crippen LogP contribution in [0.15, 0.2) is 42.9 Å². The smallest absolute Gasteiger partial charge is 0.274 e. The number of piperidine rings is 1. The van der Waals surface area contributed by atoms with Gasteiger partial charge in [-0.25, -0.2) is 4.98 Å². The maximum Gasteiger partial charge on any atom is 0.274 e. The summed E-state index contributed by atoms with van der Waals surface area (Å²) in [7, 11) is 0. The molecule has 4 heterocycles. The van der Waals surface area contributed by atoms with E-state index in [1.54, 1.807) is 12.4 Å². The van der Waals surface area contributed by atoms with Crippen LogP contribution in [0.4, 0.5) is 0 Å². The number of hydrogen-bond donors (Lipinski definition) is 0.